The maximum atomic E-state index is 11.7. The maximum absolute atomic E-state index is 11.7. The van der Waals surface area contributed by atoms with Gasteiger partial charge in [-0.15, -0.1) is 0 Å². The predicted molar refractivity (Wildman–Crippen MR) is 85.6 cm³/mol. The summed E-state index contributed by atoms with van der Waals surface area (Å²) in [6.45, 7) is 7.63. The van der Waals surface area contributed by atoms with Gasteiger partial charge in [-0.1, -0.05) is 6.92 Å². The van der Waals surface area contributed by atoms with E-state index in [0.29, 0.717) is 23.9 Å². The molecule has 5 heteroatoms. The van der Waals surface area contributed by atoms with Crippen molar-refractivity contribution in [3.63, 3.8) is 0 Å². The molecular formula is C16H25N3O2. The smallest absolute Gasteiger partial charge is 0.338 e. The molecule has 0 radical (unpaired) electrons. The van der Waals surface area contributed by atoms with Gasteiger partial charge in [0.25, 0.3) is 0 Å². The molecule has 1 aromatic rings. The van der Waals surface area contributed by atoms with Crippen molar-refractivity contribution in [2.24, 2.45) is 0 Å². The van der Waals surface area contributed by atoms with Gasteiger partial charge in [-0.2, -0.15) is 0 Å². The lowest BCUT2D eigenvalue weighted by Gasteiger charge is -2.33. The number of hydrogen-bond acceptors (Lipinski definition) is 5. The van der Waals surface area contributed by atoms with E-state index in [-0.39, 0.29) is 5.97 Å². The Kier molecular flexibility index (Phi) is 5.44. The molecule has 1 unspecified atom stereocenters. The van der Waals surface area contributed by atoms with Gasteiger partial charge in [0.1, 0.15) is 0 Å². The van der Waals surface area contributed by atoms with Gasteiger partial charge in [0.15, 0.2) is 0 Å². The van der Waals surface area contributed by atoms with Crippen molar-refractivity contribution in [2.75, 3.05) is 37.3 Å². The van der Waals surface area contributed by atoms with Crippen LogP contribution in [0.3, 0.4) is 0 Å². The van der Waals surface area contributed by atoms with Crippen molar-refractivity contribution in [1.82, 2.24) is 4.90 Å². The average Bonchev–Trinajstić information content (AvgIpc) is 2.49. The van der Waals surface area contributed by atoms with E-state index in [1.165, 1.54) is 13.0 Å². The number of ether oxygens (including phenoxy) is 1. The fourth-order valence-electron chi connectivity index (χ4n) is 2.72. The number of nitrogens with one attached hydrogen (secondary N) is 1. The second kappa shape index (κ2) is 7.31. The normalized spacial score (nSPS) is 19.2. The van der Waals surface area contributed by atoms with Crippen LogP contribution in [0.2, 0.25) is 0 Å². The number of benzene rings is 1. The third-order valence-corrected chi connectivity index (χ3v) is 3.88. The number of likely N-dealkylation sites (N-methyl/N-ethyl adjacent to an activating group) is 1. The van der Waals surface area contributed by atoms with E-state index in [0.717, 1.165) is 25.2 Å². The Balaban J connectivity index is 2.02. The second-order valence-electron chi connectivity index (χ2n) is 5.40. The van der Waals surface area contributed by atoms with E-state index in [1.807, 2.05) is 6.07 Å². The molecule has 0 spiro atoms. The number of nitrogens with two attached hydrogens (primary N) is 1. The number of hydrogen-bond donors (Lipinski definition) is 2. The molecule has 0 bridgehead atoms. The minimum absolute atomic E-state index is 0.328. The number of piperidine rings is 1. The van der Waals surface area contributed by atoms with Crippen molar-refractivity contribution in [2.45, 2.75) is 32.7 Å². The number of carbonyl (C=O) groups is 1. The van der Waals surface area contributed by atoms with Crippen LogP contribution in [0.4, 0.5) is 11.4 Å². The highest BCUT2D eigenvalue weighted by molar-refractivity contribution is 5.91. The van der Waals surface area contributed by atoms with Crippen molar-refractivity contribution < 1.29 is 9.53 Å². The monoisotopic (exact) mass is 291 g/mol. The molecule has 1 heterocycles. The van der Waals surface area contributed by atoms with Gasteiger partial charge < -0.3 is 20.7 Å². The zero-order chi connectivity index (χ0) is 15.2. The van der Waals surface area contributed by atoms with E-state index >= 15 is 0 Å². The summed E-state index contributed by atoms with van der Waals surface area (Å²) >= 11 is 0. The van der Waals surface area contributed by atoms with E-state index < -0.39 is 0 Å². The Bertz CT molecular complexity index is 490. The van der Waals surface area contributed by atoms with Crippen LogP contribution < -0.4 is 11.1 Å². The summed E-state index contributed by atoms with van der Waals surface area (Å²) in [5.74, 6) is -0.328. The zero-order valence-electron chi connectivity index (χ0n) is 12.9. The van der Waals surface area contributed by atoms with Crippen LogP contribution in [0.5, 0.6) is 0 Å². The second-order valence-corrected chi connectivity index (χ2v) is 5.40. The Morgan fingerprint density at radius 3 is 2.95 bits per heavy atom. The topological polar surface area (TPSA) is 67.6 Å². The summed E-state index contributed by atoms with van der Waals surface area (Å²) in [4.78, 5) is 14.1. The fourth-order valence-corrected chi connectivity index (χ4v) is 2.72. The lowest BCUT2D eigenvalue weighted by atomic mass is 10.0. The van der Waals surface area contributed by atoms with Gasteiger partial charge >= 0.3 is 5.97 Å². The summed E-state index contributed by atoms with van der Waals surface area (Å²) in [7, 11) is 0. The van der Waals surface area contributed by atoms with Crippen molar-refractivity contribution in [3.8, 4) is 0 Å². The predicted octanol–water partition coefficient (Wildman–Crippen LogP) is 2.34. The van der Waals surface area contributed by atoms with Crippen LogP contribution in [0, 0.1) is 0 Å². The number of carbonyl (C=O) groups excluding carboxylic acids is 1. The van der Waals surface area contributed by atoms with E-state index in [4.69, 9.17) is 10.5 Å². The molecule has 2 rings (SSSR count). The lowest BCUT2D eigenvalue weighted by molar-refractivity contribution is 0.0526. The summed E-state index contributed by atoms with van der Waals surface area (Å²) in [6, 6.07) is 5.72. The van der Waals surface area contributed by atoms with Gasteiger partial charge in [-0.25, -0.2) is 4.79 Å². The van der Waals surface area contributed by atoms with Crippen LogP contribution in [0.25, 0.3) is 0 Å². The van der Waals surface area contributed by atoms with Gasteiger partial charge in [0.2, 0.25) is 0 Å². The minimum atomic E-state index is -0.328. The summed E-state index contributed by atoms with van der Waals surface area (Å²) in [6.07, 6.45) is 2.35. The number of anilines is 2. The molecule has 116 valence electrons. The Morgan fingerprint density at radius 1 is 1.48 bits per heavy atom. The lowest BCUT2D eigenvalue weighted by Crippen LogP contribution is -2.41. The van der Waals surface area contributed by atoms with Gasteiger partial charge in [-0.3, -0.25) is 0 Å². The minimum Gasteiger partial charge on any atom is -0.462 e. The number of likely N-dealkylation sites (tertiary alicyclic amines) is 1. The van der Waals surface area contributed by atoms with Crippen LogP contribution in [-0.4, -0.2) is 43.2 Å². The first-order valence-corrected chi connectivity index (χ1v) is 7.69. The first kappa shape index (κ1) is 15.6. The van der Waals surface area contributed by atoms with Crippen LogP contribution in [-0.2, 0) is 4.74 Å². The quantitative estimate of drug-likeness (QED) is 0.644. The molecule has 0 saturated carbocycles. The van der Waals surface area contributed by atoms with Crippen molar-refractivity contribution >= 4 is 17.3 Å². The number of nitrogen functional groups attached to an aromatic ring is 1. The Morgan fingerprint density at radius 2 is 2.29 bits per heavy atom. The van der Waals surface area contributed by atoms with Gasteiger partial charge in [0.05, 0.1) is 23.5 Å². The summed E-state index contributed by atoms with van der Waals surface area (Å²) in [5, 5.41) is 3.49. The van der Waals surface area contributed by atoms with Crippen molar-refractivity contribution in [3.05, 3.63) is 23.8 Å². The molecule has 0 amide bonds. The first-order valence-electron chi connectivity index (χ1n) is 7.69. The maximum Gasteiger partial charge on any atom is 0.338 e. The third kappa shape index (κ3) is 4.11. The molecule has 1 saturated heterocycles. The van der Waals surface area contributed by atoms with E-state index in [2.05, 4.69) is 17.1 Å². The highest BCUT2D eigenvalue weighted by Crippen LogP contribution is 2.23. The molecule has 1 atom stereocenters. The zero-order valence-corrected chi connectivity index (χ0v) is 12.9. The molecule has 0 aliphatic carbocycles. The summed E-state index contributed by atoms with van der Waals surface area (Å²) in [5.41, 5.74) is 8.04. The molecular weight excluding hydrogens is 266 g/mol. The largest absolute Gasteiger partial charge is 0.462 e. The van der Waals surface area contributed by atoms with E-state index in [9.17, 15) is 4.79 Å². The molecule has 1 aliphatic rings. The number of nitrogens with zero attached hydrogens (tertiary/aromatic N) is 1. The summed E-state index contributed by atoms with van der Waals surface area (Å²) < 4.78 is 4.98. The van der Waals surface area contributed by atoms with Crippen LogP contribution >= 0.6 is 0 Å². The molecule has 1 fully saturated rings. The third-order valence-electron chi connectivity index (χ3n) is 3.88. The number of rotatable bonds is 5. The molecule has 3 N–H and O–H groups in total. The van der Waals surface area contributed by atoms with E-state index in [1.54, 1.807) is 19.1 Å². The average molecular weight is 291 g/mol. The van der Waals surface area contributed by atoms with Gasteiger partial charge in [0, 0.05) is 12.6 Å². The SMILES string of the molecule is CCOC(=O)c1ccc(NC2CCCN(CC)C2)c(N)c1. The molecule has 1 aromatic carbocycles. The standard InChI is InChI=1S/C16H25N3O2/c1-3-19-9-5-6-13(11-19)18-15-8-7-12(10-14(15)17)16(20)21-4-2/h7-8,10,13,18H,3-6,9,11,17H2,1-2H3. The molecule has 5 nitrogen and oxygen atoms in total. The van der Waals surface area contributed by atoms with Gasteiger partial charge in [-0.05, 0) is 51.1 Å². The molecule has 1 aliphatic heterocycles. The number of esters is 1. The van der Waals surface area contributed by atoms with Crippen LogP contribution in [0.1, 0.15) is 37.0 Å². The fraction of sp³-hybridized carbons (Fsp3) is 0.562. The highest BCUT2D eigenvalue weighted by atomic mass is 16.5. The first-order chi connectivity index (χ1) is 10.1. The van der Waals surface area contributed by atoms with Crippen molar-refractivity contribution in [1.29, 1.82) is 0 Å². The Hall–Kier alpha value is -1.75. The Labute approximate surface area is 126 Å². The van der Waals surface area contributed by atoms with Crippen LogP contribution in [0.15, 0.2) is 18.2 Å². The molecule has 21 heavy (non-hydrogen) atoms. The molecule has 0 aromatic heterocycles. The highest BCUT2D eigenvalue weighted by Gasteiger charge is 2.19.